The van der Waals surface area contributed by atoms with Crippen LogP contribution in [-0.4, -0.2) is 10.5 Å². The molecule has 0 atom stereocenters. The van der Waals surface area contributed by atoms with Crippen LogP contribution >= 0.6 is 39.1 Å². The van der Waals surface area contributed by atoms with Crippen molar-refractivity contribution in [1.29, 1.82) is 5.26 Å². The SMILES string of the molecule is N#C/C(=C/c1cccn1-c1ccc(Br)cc1)C(=O)Nc1ccc(Cl)cc1Cl. The first-order valence-electron chi connectivity index (χ1n) is 7.79. The monoisotopic (exact) mass is 459 g/mol. The molecule has 1 N–H and O–H groups in total. The minimum Gasteiger partial charge on any atom is -0.320 e. The quantitative estimate of drug-likeness (QED) is 0.378. The molecule has 0 aliphatic heterocycles. The number of hydrogen-bond acceptors (Lipinski definition) is 2. The van der Waals surface area contributed by atoms with Gasteiger partial charge in [-0.05, 0) is 60.7 Å². The van der Waals surface area contributed by atoms with E-state index in [4.69, 9.17) is 23.2 Å². The zero-order valence-electron chi connectivity index (χ0n) is 13.8. The summed E-state index contributed by atoms with van der Waals surface area (Å²) in [7, 11) is 0. The van der Waals surface area contributed by atoms with Gasteiger partial charge in [-0.25, -0.2) is 0 Å². The number of rotatable bonds is 4. The number of nitrogens with zero attached hydrogens (tertiary/aromatic N) is 2. The van der Waals surface area contributed by atoms with Crippen molar-refractivity contribution in [2.75, 3.05) is 5.32 Å². The molecule has 1 heterocycles. The van der Waals surface area contributed by atoms with Gasteiger partial charge in [0.1, 0.15) is 11.6 Å². The number of carbonyl (C=O) groups excluding carboxylic acids is 1. The summed E-state index contributed by atoms with van der Waals surface area (Å²) in [4.78, 5) is 12.5. The van der Waals surface area contributed by atoms with Gasteiger partial charge in [0.15, 0.2) is 0 Å². The maximum atomic E-state index is 12.5. The van der Waals surface area contributed by atoms with E-state index in [9.17, 15) is 10.1 Å². The molecule has 1 aromatic heterocycles. The van der Waals surface area contributed by atoms with Crippen molar-refractivity contribution in [2.45, 2.75) is 0 Å². The lowest BCUT2D eigenvalue weighted by Crippen LogP contribution is -2.14. The molecule has 0 aliphatic carbocycles. The van der Waals surface area contributed by atoms with Crippen LogP contribution in [0.3, 0.4) is 0 Å². The summed E-state index contributed by atoms with van der Waals surface area (Å²) in [5.74, 6) is -0.551. The minimum absolute atomic E-state index is 0.0434. The Morgan fingerprint density at radius 2 is 1.89 bits per heavy atom. The highest BCUT2D eigenvalue weighted by Gasteiger charge is 2.13. The van der Waals surface area contributed by atoms with Crippen molar-refractivity contribution >= 4 is 56.8 Å². The van der Waals surface area contributed by atoms with E-state index >= 15 is 0 Å². The molecule has 3 rings (SSSR count). The number of carbonyl (C=O) groups is 1. The zero-order chi connectivity index (χ0) is 19.4. The molecule has 3 aromatic rings. The number of nitrogens with one attached hydrogen (secondary N) is 1. The fraction of sp³-hybridized carbons (Fsp3) is 0. The molecule has 2 aromatic carbocycles. The molecule has 7 heteroatoms. The summed E-state index contributed by atoms with van der Waals surface area (Å²) in [6, 6.07) is 18.0. The van der Waals surface area contributed by atoms with Gasteiger partial charge in [0.2, 0.25) is 0 Å². The summed E-state index contributed by atoms with van der Waals surface area (Å²) in [5, 5.41) is 12.8. The Bertz CT molecular complexity index is 1070. The van der Waals surface area contributed by atoms with Crippen LogP contribution in [0, 0.1) is 11.3 Å². The normalized spacial score (nSPS) is 11.1. The van der Waals surface area contributed by atoms with E-state index in [1.165, 1.54) is 12.1 Å². The van der Waals surface area contributed by atoms with Crippen LogP contribution in [-0.2, 0) is 4.79 Å². The van der Waals surface area contributed by atoms with Gasteiger partial charge in [0.25, 0.3) is 5.91 Å². The Labute approximate surface area is 174 Å². The molecule has 0 saturated carbocycles. The number of aromatic nitrogens is 1. The molecular formula is C20H12BrCl2N3O. The van der Waals surface area contributed by atoms with E-state index in [1.54, 1.807) is 12.1 Å². The third-order valence-corrected chi connectivity index (χ3v) is 4.80. The Hall–Kier alpha value is -2.52. The molecule has 134 valence electrons. The number of halogens is 3. The summed E-state index contributed by atoms with van der Waals surface area (Å²) < 4.78 is 2.85. The highest BCUT2D eigenvalue weighted by Crippen LogP contribution is 2.26. The van der Waals surface area contributed by atoms with E-state index in [2.05, 4.69) is 21.2 Å². The second-order valence-electron chi connectivity index (χ2n) is 5.53. The molecule has 0 aliphatic rings. The van der Waals surface area contributed by atoms with Gasteiger partial charge in [-0.15, -0.1) is 0 Å². The van der Waals surface area contributed by atoms with Crippen LogP contribution in [0.5, 0.6) is 0 Å². The predicted molar refractivity (Wildman–Crippen MR) is 112 cm³/mol. The number of nitriles is 1. The Morgan fingerprint density at radius 3 is 2.56 bits per heavy atom. The fourth-order valence-corrected chi connectivity index (χ4v) is 3.15. The van der Waals surface area contributed by atoms with Crippen molar-refractivity contribution in [3.8, 4) is 11.8 Å². The van der Waals surface area contributed by atoms with Crippen LogP contribution in [0.2, 0.25) is 10.0 Å². The average Bonchev–Trinajstić information content (AvgIpc) is 3.10. The Morgan fingerprint density at radius 1 is 1.15 bits per heavy atom. The van der Waals surface area contributed by atoms with E-state index in [-0.39, 0.29) is 5.57 Å². The van der Waals surface area contributed by atoms with Crippen molar-refractivity contribution in [2.24, 2.45) is 0 Å². The highest BCUT2D eigenvalue weighted by molar-refractivity contribution is 9.10. The predicted octanol–water partition coefficient (Wildman–Crippen LogP) is 6.09. The largest absolute Gasteiger partial charge is 0.320 e. The minimum atomic E-state index is -0.551. The van der Waals surface area contributed by atoms with Gasteiger partial charge in [-0.2, -0.15) is 5.26 Å². The molecule has 4 nitrogen and oxygen atoms in total. The first-order chi connectivity index (χ1) is 13.0. The van der Waals surface area contributed by atoms with Gasteiger partial charge in [-0.3, -0.25) is 4.79 Å². The van der Waals surface area contributed by atoms with Crippen molar-refractivity contribution in [3.63, 3.8) is 0 Å². The lowest BCUT2D eigenvalue weighted by atomic mass is 10.2. The molecule has 0 spiro atoms. The third kappa shape index (κ3) is 4.61. The Balaban J connectivity index is 1.89. The van der Waals surface area contributed by atoms with E-state index < -0.39 is 5.91 Å². The van der Waals surface area contributed by atoms with Crippen LogP contribution in [0.15, 0.2) is 70.8 Å². The van der Waals surface area contributed by atoms with Crippen LogP contribution in [0.1, 0.15) is 5.69 Å². The van der Waals surface area contributed by atoms with Crippen molar-refractivity contribution < 1.29 is 4.79 Å². The topological polar surface area (TPSA) is 57.8 Å². The lowest BCUT2D eigenvalue weighted by Gasteiger charge is -2.09. The van der Waals surface area contributed by atoms with Crippen molar-refractivity contribution in [3.05, 3.63) is 86.6 Å². The molecule has 0 saturated heterocycles. The maximum Gasteiger partial charge on any atom is 0.266 e. The maximum absolute atomic E-state index is 12.5. The van der Waals surface area contributed by atoms with Gasteiger partial charge in [-0.1, -0.05) is 39.1 Å². The summed E-state index contributed by atoms with van der Waals surface area (Å²) in [5.41, 5.74) is 1.95. The summed E-state index contributed by atoms with van der Waals surface area (Å²) in [6.07, 6.45) is 3.39. The van der Waals surface area contributed by atoms with Gasteiger partial charge in [0.05, 0.1) is 10.7 Å². The smallest absolute Gasteiger partial charge is 0.266 e. The second kappa shape index (κ2) is 8.45. The van der Waals surface area contributed by atoms with E-state index in [1.807, 2.05) is 53.2 Å². The second-order valence-corrected chi connectivity index (χ2v) is 7.29. The third-order valence-electron chi connectivity index (χ3n) is 3.72. The van der Waals surface area contributed by atoms with Crippen LogP contribution in [0.4, 0.5) is 5.69 Å². The zero-order valence-corrected chi connectivity index (χ0v) is 16.9. The van der Waals surface area contributed by atoms with Crippen LogP contribution < -0.4 is 5.32 Å². The summed E-state index contributed by atoms with van der Waals surface area (Å²) in [6.45, 7) is 0. The molecule has 27 heavy (non-hydrogen) atoms. The van der Waals surface area contributed by atoms with E-state index in [0.717, 1.165) is 10.2 Å². The molecule has 0 unspecified atom stereocenters. The number of amides is 1. The number of anilines is 1. The molecule has 0 radical (unpaired) electrons. The number of benzene rings is 2. The first kappa shape index (κ1) is 19.2. The van der Waals surface area contributed by atoms with Crippen LogP contribution in [0.25, 0.3) is 11.8 Å². The molecule has 1 amide bonds. The lowest BCUT2D eigenvalue weighted by molar-refractivity contribution is -0.112. The number of hydrogen-bond donors (Lipinski definition) is 1. The average molecular weight is 461 g/mol. The fourth-order valence-electron chi connectivity index (χ4n) is 2.43. The first-order valence-corrected chi connectivity index (χ1v) is 9.34. The molecule has 0 bridgehead atoms. The molecule has 0 fully saturated rings. The van der Waals surface area contributed by atoms with Gasteiger partial charge >= 0.3 is 0 Å². The van der Waals surface area contributed by atoms with E-state index in [0.29, 0.717) is 21.4 Å². The standard InChI is InChI=1S/C20H12BrCl2N3O/c21-14-3-6-16(7-4-14)26-9-1-2-17(26)10-13(12-24)20(27)25-19-8-5-15(22)11-18(19)23/h1-11H,(H,25,27)/b13-10-. The highest BCUT2D eigenvalue weighted by atomic mass is 79.9. The summed E-state index contributed by atoms with van der Waals surface area (Å²) >= 11 is 15.3. The van der Waals surface area contributed by atoms with Crippen molar-refractivity contribution in [1.82, 2.24) is 4.57 Å². The van der Waals surface area contributed by atoms with Gasteiger partial charge in [0, 0.05) is 27.1 Å². The Kier molecular flexibility index (Phi) is 6.02. The molecular weight excluding hydrogens is 449 g/mol. The van der Waals surface area contributed by atoms with Gasteiger partial charge < -0.3 is 9.88 Å².